The van der Waals surface area contributed by atoms with Crippen LogP contribution in [0.2, 0.25) is 0 Å². The molecule has 0 bridgehead atoms. The van der Waals surface area contributed by atoms with E-state index in [1.54, 1.807) is 12.1 Å². The second-order valence-electron chi connectivity index (χ2n) is 5.10. The van der Waals surface area contributed by atoms with Gasteiger partial charge >= 0.3 is 0 Å². The number of fused-ring (bicyclic) bond motifs is 1. The van der Waals surface area contributed by atoms with Gasteiger partial charge in [0.1, 0.15) is 5.82 Å². The Labute approximate surface area is 137 Å². The number of non-ortho nitro benzene ring substituents is 1. The molecule has 0 aliphatic rings. The highest BCUT2D eigenvalue weighted by molar-refractivity contribution is 5.91. The zero-order chi connectivity index (χ0) is 16.9. The summed E-state index contributed by atoms with van der Waals surface area (Å²) in [6, 6.07) is 13.7. The van der Waals surface area contributed by atoms with E-state index in [0.29, 0.717) is 11.4 Å². The third kappa shape index (κ3) is 3.64. The summed E-state index contributed by atoms with van der Waals surface area (Å²) in [5.74, 6) is 0.357. The molecule has 7 nitrogen and oxygen atoms in total. The number of carbonyl (C=O) groups excluding carboxylic acids is 1. The van der Waals surface area contributed by atoms with Crippen LogP contribution in [-0.2, 0) is 11.3 Å². The second kappa shape index (κ2) is 6.74. The van der Waals surface area contributed by atoms with Crippen LogP contribution < -0.4 is 5.32 Å². The lowest BCUT2D eigenvalue weighted by molar-refractivity contribution is -0.384. The summed E-state index contributed by atoms with van der Waals surface area (Å²) in [5.41, 5.74) is 2.32. The zero-order valence-corrected chi connectivity index (χ0v) is 12.6. The van der Waals surface area contributed by atoms with Crippen LogP contribution in [0.1, 0.15) is 11.4 Å². The van der Waals surface area contributed by atoms with Gasteiger partial charge in [-0.1, -0.05) is 24.3 Å². The number of amides is 1. The van der Waals surface area contributed by atoms with Crippen molar-refractivity contribution >= 4 is 28.7 Å². The summed E-state index contributed by atoms with van der Waals surface area (Å²) < 4.78 is 0. The standard InChI is InChI=1S/C17H14N4O3/c22-17(9-8-12-4-3-5-13(10-12)21(23)24)18-11-16-19-14-6-1-2-7-15(14)20-16/h1-10H,11H2,(H,18,22)(H,19,20). The molecule has 0 aliphatic heterocycles. The lowest BCUT2D eigenvalue weighted by atomic mass is 10.2. The highest BCUT2D eigenvalue weighted by atomic mass is 16.6. The number of aromatic amines is 1. The van der Waals surface area contributed by atoms with Crippen LogP contribution in [0.3, 0.4) is 0 Å². The molecule has 0 fully saturated rings. The average molecular weight is 322 g/mol. The van der Waals surface area contributed by atoms with Gasteiger partial charge in [-0.05, 0) is 23.8 Å². The smallest absolute Gasteiger partial charge is 0.270 e. The number of nitro benzene ring substituents is 1. The van der Waals surface area contributed by atoms with Gasteiger partial charge in [0, 0.05) is 18.2 Å². The molecule has 3 rings (SSSR count). The number of hydrogen-bond acceptors (Lipinski definition) is 4. The van der Waals surface area contributed by atoms with Crippen LogP contribution in [0.5, 0.6) is 0 Å². The van der Waals surface area contributed by atoms with E-state index in [1.807, 2.05) is 24.3 Å². The molecule has 2 N–H and O–H groups in total. The lowest BCUT2D eigenvalue weighted by Gasteiger charge is -1.98. The Morgan fingerprint density at radius 1 is 1.25 bits per heavy atom. The summed E-state index contributed by atoms with van der Waals surface area (Å²) in [6.45, 7) is 0.271. The minimum absolute atomic E-state index is 0.0140. The average Bonchev–Trinajstić information content (AvgIpc) is 3.01. The quantitative estimate of drug-likeness (QED) is 0.428. The van der Waals surface area contributed by atoms with E-state index in [4.69, 9.17) is 0 Å². The van der Waals surface area contributed by atoms with Crippen LogP contribution in [0, 0.1) is 10.1 Å². The van der Waals surface area contributed by atoms with Crippen LogP contribution in [0.25, 0.3) is 17.1 Å². The Balaban J connectivity index is 1.61. The maximum absolute atomic E-state index is 11.9. The highest BCUT2D eigenvalue weighted by Gasteiger charge is 2.05. The number of imidazole rings is 1. The van der Waals surface area contributed by atoms with Gasteiger partial charge in [-0.3, -0.25) is 14.9 Å². The first kappa shape index (κ1) is 15.4. The van der Waals surface area contributed by atoms with Crippen molar-refractivity contribution in [2.24, 2.45) is 0 Å². The predicted molar refractivity (Wildman–Crippen MR) is 90.1 cm³/mol. The maximum atomic E-state index is 11.9. The fraction of sp³-hybridized carbons (Fsp3) is 0.0588. The zero-order valence-electron chi connectivity index (χ0n) is 12.6. The molecular weight excluding hydrogens is 308 g/mol. The van der Waals surface area contributed by atoms with Gasteiger partial charge in [0.15, 0.2) is 0 Å². The molecule has 1 amide bonds. The van der Waals surface area contributed by atoms with Crippen molar-refractivity contribution in [2.75, 3.05) is 0 Å². The molecule has 3 aromatic rings. The Morgan fingerprint density at radius 2 is 2.08 bits per heavy atom. The van der Waals surface area contributed by atoms with Gasteiger partial charge in [-0.15, -0.1) is 0 Å². The molecule has 120 valence electrons. The number of nitrogens with one attached hydrogen (secondary N) is 2. The number of H-pyrrole nitrogens is 1. The minimum atomic E-state index is -0.473. The predicted octanol–water partition coefficient (Wildman–Crippen LogP) is 2.80. The number of hydrogen-bond donors (Lipinski definition) is 2. The number of aromatic nitrogens is 2. The molecule has 0 aliphatic carbocycles. The van der Waals surface area contributed by atoms with Gasteiger partial charge in [-0.2, -0.15) is 0 Å². The van der Waals surface area contributed by atoms with Gasteiger partial charge < -0.3 is 10.3 Å². The summed E-state index contributed by atoms with van der Waals surface area (Å²) >= 11 is 0. The van der Waals surface area contributed by atoms with Crippen molar-refractivity contribution in [1.29, 1.82) is 0 Å². The topological polar surface area (TPSA) is 101 Å². The fourth-order valence-corrected chi connectivity index (χ4v) is 2.23. The van der Waals surface area contributed by atoms with Crippen molar-refractivity contribution in [1.82, 2.24) is 15.3 Å². The van der Waals surface area contributed by atoms with Crippen LogP contribution in [0.4, 0.5) is 5.69 Å². The molecular formula is C17H14N4O3. The number of nitro groups is 1. The lowest BCUT2D eigenvalue weighted by Crippen LogP contribution is -2.20. The van der Waals surface area contributed by atoms with Crippen LogP contribution in [0.15, 0.2) is 54.6 Å². The molecule has 0 unspecified atom stereocenters. The van der Waals surface area contributed by atoms with Crippen molar-refractivity contribution in [3.63, 3.8) is 0 Å². The molecule has 7 heteroatoms. The summed E-state index contributed by atoms with van der Waals surface area (Å²) in [5, 5.41) is 13.4. The molecule has 2 aromatic carbocycles. The molecule has 0 saturated heterocycles. The molecule has 24 heavy (non-hydrogen) atoms. The molecule has 0 radical (unpaired) electrons. The van der Waals surface area contributed by atoms with E-state index in [0.717, 1.165) is 11.0 Å². The summed E-state index contributed by atoms with van der Waals surface area (Å²) in [6.07, 6.45) is 2.86. The first-order valence-corrected chi connectivity index (χ1v) is 7.26. The van der Waals surface area contributed by atoms with Crippen molar-refractivity contribution in [3.05, 3.63) is 76.1 Å². The molecule has 0 spiro atoms. The van der Waals surface area contributed by atoms with E-state index in [-0.39, 0.29) is 18.1 Å². The third-order valence-electron chi connectivity index (χ3n) is 3.38. The second-order valence-corrected chi connectivity index (χ2v) is 5.10. The minimum Gasteiger partial charge on any atom is -0.345 e. The van der Waals surface area contributed by atoms with Gasteiger partial charge in [0.25, 0.3) is 5.69 Å². The fourth-order valence-electron chi connectivity index (χ4n) is 2.23. The van der Waals surface area contributed by atoms with E-state index >= 15 is 0 Å². The maximum Gasteiger partial charge on any atom is 0.270 e. The van der Waals surface area contributed by atoms with Gasteiger partial charge in [0.2, 0.25) is 5.91 Å². The van der Waals surface area contributed by atoms with E-state index in [1.165, 1.54) is 24.3 Å². The first-order valence-electron chi connectivity index (χ1n) is 7.26. The Bertz CT molecular complexity index is 897. The van der Waals surface area contributed by atoms with E-state index in [9.17, 15) is 14.9 Å². The van der Waals surface area contributed by atoms with E-state index in [2.05, 4.69) is 15.3 Å². The Hall–Kier alpha value is -3.48. The van der Waals surface area contributed by atoms with Crippen molar-refractivity contribution in [3.8, 4) is 0 Å². The number of benzene rings is 2. The van der Waals surface area contributed by atoms with Gasteiger partial charge in [-0.25, -0.2) is 4.98 Å². The first-order chi connectivity index (χ1) is 11.6. The van der Waals surface area contributed by atoms with Gasteiger partial charge in [0.05, 0.1) is 22.5 Å². The Kier molecular flexibility index (Phi) is 4.33. The normalized spacial score (nSPS) is 11.0. The third-order valence-corrected chi connectivity index (χ3v) is 3.38. The van der Waals surface area contributed by atoms with Crippen molar-refractivity contribution < 1.29 is 9.72 Å². The molecule has 0 saturated carbocycles. The largest absolute Gasteiger partial charge is 0.345 e. The summed E-state index contributed by atoms with van der Waals surface area (Å²) in [4.78, 5) is 29.6. The van der Waals surface area contributed by atoms with Crippen LogP contribution >= 0.6 is 0 Å². The van der Waals surface area contributed by atoms with Crippen LogP contribution in [-0.4, -0.2) is 20.8 Å². The van der Waals surface area contributed by atoms with Crippen molar-refractivity contribution in [2.45, 2.75) is 6.54 Å². The molecule has 1 aromatic heterocycles. The summed E-state index contributed by atoms with van der Waals surface area (Å²) in [7, 11) is 0. The highest BCUT2D eigenvalue weighted by Crippen LogP contribution is 2.14. The molecule has 1 heterocycles. The number of nitrogens with zero attached hydrogens (tertiary/aromatic N) is 2. The molecule has 0 atom stereocenters. The number of carbonyl (C=O) groups is 1. The number of para-hydroxylation sites is 2. The number of rotatable bonds is 5. The van der Waals surface area contributed by atoms with E-state index < -0.39 is 4.92 Å². The monoisotopic (exact) mass is 322 g/mol. The SMILES string of the molecule is O=C(C=Cc1cccc([N+](=O)[O-])c1)NCc1nc2ccccc2[nH]1. The Morgan fingerprint density at radius 3 is 2.88 bits per heavy atom.